The summed E-state index contributed by atoms with van der Waals surface area (Å²) in [6.45, 7) is 8.66. The summed E-state index contributed by atoms with van der Waals surface area (Å²) in [5, 5.41) is 2.05. The van der Waals surface area contributed by atoms with Gasteiger partial charge in [0, 0.05) is 34.9 Å². The summed E-state index contributed by atoms with van der Waals surface area (Å²) in [6, 6.07) is 15.5. The Hall–Kier alpha value is -1.99. The van der Waals surface area contributed by atoms with Gasteiger partial charge in [0.2, 0.25) is 0 Å². The summed E-state index contributed by atoms with van der Waals surface area (Å²) in [5.74, 6) is 0.693. The van der Waals surface area contributed by atoms with E-state index in [4.69, 9.17) is 37.7 Å². The molecule has 0 N–H and O–H groups in total. The van der Waals surface area contributed by atoms with Crippen LogP contribution in [-0.2, 0) is 27.3 Å². The summed E-state index contributed by atoms with van der Waals surface area (Å²) in [4.78, 5) is 17.6. The number of rotatable bonds is 11. The van der Waals surface area contributed by atoms with Crippen molar-refractivity contribution in [1.82, 2.24) is 9.55 Å². The van der Waals surface area contributed by atoms with Crippen LogP contribution in [0.3, 0.4) is 0 Å². The van der Waals surface area contributed by atoms with Crippen molar-refractivity contribution in [3.8, 4) is 0 Å². The highest BCUT2D eigenvalue weighted by molar-refractivity contribution is 7.99. The van der Waals surface area contributed by atoms with Crippen molar-refractivity contribution in [3.05, 3.63) is 75.7 Å². The van der Waals surface area contributed by atoms with Crippen LogP contribution in [0.15, 0.2) is 58.5 Å². The van der Waals surface area contributed by atoms with Crippen LogP contribution in [0.25, 0.3) is 0 Å². The molecule has 0 amide bonds. The Morgan fingerprint density at radius 1 is 1.09 bits per heavy atom. The van der Waals surface area contributed by atoms with Crippen LogP contribution in [0, 0.1) is 0 Å². The number of hydrogen-bond donors (Lipinski definition) is 0. The van der Waals surface area contributed by atoms with Crippen LogP contribution in [0.2, 0.25) is 10.0 Å². The Morgan fingerprint density at radius 2 is 1.76 bits per heavy atom. The first kappa shape index (κ1) is 26.6. The monoisotopic (exact) mass is 520 g/mol. The average Bonchev–Trinajstić information content (AvgIpc) is 3.11. The number of halogens is 2. The molecule has 3 aromatic rings. The molecule has 0 radical (unpaired) electrons. The molecule has 1 heterocycles. The molecule has 2 aromatic carbocycles. The molecule has 3 rings (SSSR count). The molecular formula is C26H30Cl2N2O3S. The van der Waals surface area contributed by atoms with E-state index in [0.717, 1.165) is 33.4 Å². The van der Waals surface area contributed by atoms with Gasteiger partial charge in [-0.2, -0.15) is 0 Å². The smallest absolute Gasteiger partial charge is 0.304 e. The lowest BCUT2D eigenvalue weighted by molar-refractivity contribution is -0.150. The molecule has 0 saturated heterocycles. The topological polar surface area (TPSA) is 53.4 Å². The number of esters is 1. The second-order valence-electron chi connectivity index (χ2n) is 8.30. The number of nitrogens with zero attached hydrogens (tertiary/aromatic N) is 2. The van der Waals surface area contributed by atoms with Gasteiger partial charge in [0.15, 0.2) is 6.23 Å². The van der Waals surface area contributed by atoms with Crippen molar-refractivity contribution >= 4 is 40.9 Å². The lowest BCUT2D eigenvalue weighted by atomic mass is 10.1. The minimum Gasteiger partial charge on any atom is -0.442 e. The Labute approximate surface area is 215 Å². The Kier molecular flexibility index (Phi) is 9.89. The summed E-state index contributed by atoms with van der Waals surface area (Å²) in [7, 11) is 0. The maximum absolute atomic E-state index is 11.8. The van der Waals surface area contributed by atoms with Gasteiger partial charge in [-0.1, -0.05) is 79.1 Å². The highest BCUT2D eigenvalue weighted by atomic mass is 35.5. The zero-order valence-electron chi connectivity index (χ0n) is 19.9. The SMILES string of the molecule is CC(=O)OC(C)n1c(CCCOCc2ccccc2)nc(C(C)C)c1Sc1cc(Cl)cc(Cl)c1. The molecule has 1 unspecified atom stereocenters. The second kappa shape index (κ2) is 12.6. The Balaban J connectivity index is 1.83. The molecular weight excluding hydrogens is 491 g/mol. The van der Waals surface area contributed by atoms with Crippen molar-refractivity contribution in [2.24, 2.45) is 0 Å². The number of hydrogen-bond acceptors (Lipinski definition) is 5. The van der Waals surface area contributed by atoms with Crippen molar-refractivity contribution in [3.63, 3.8) is 0 Å². The van der Waals surface area contributed by atoms with E-state index in [-0.39, 0.29) is 11.9 Å². The van der Waals surface area contributed by atoms with Crippen LogP contribution < -0.4 is 0 Å². The summed E-state index contributed by atoms with van der Waals surface area (Å²) in [6.07, 6.45) is 0.980. The molecule has 0 aliphatic carbocycles. The largest absolute Gasteiger partial charge is 0.442 e. The van der Waals surface area contributed by atoms with Crippen LogP contribution in [0.4, 0.5) is 0 Å². The number of benzene rings is 2. The molecule has 0 fully saturated rings. The molecule has 5 nitrogen and oxygen atoms in total. The highest BCUT2D eigenvalue weighted by Crippen LogP contribution is 2.39. The fourth-order valence-corrected chi connectivity index (χ4v) is 5.59. The second-order valence-corrected chi connectivity index (χ2v) is 10.2. The number of imidazole rings is 1. The predicted octanol–water partition coefficient (Wildman–Crippen LogP) is 7.70. The number of aryl methyl sites for hydroxylation is 1. The van der Waals surface area contributed by atoms with E-state index < -0.39 is 6.23 Å². The Morgan fingerprint density at radius 3 is 2.38 bits per heavy atom. The summed E-state index contributed by atoms with van der Waals surface area (Å²) < 4.78 is 13.4. The van der Waals surface area contributed by atoms with Crippen LogP contribution in [0.5, 0.6) is 0 Å². The van der Waals surface area contributed by atoms with Crippen molar-refractivity contribution in [2.45, 2.75) is 69.2 Å². The lowest BCUT2D eigenvalue weighted by Gasteiger charge is -2.20. The number of carbonyl (C=O) groups is 1. The van der Waals surface area contributed by atoms with E-state index in [9.17, 15) is 4.79 Å². The molecule has 1 aromatic heterocycles. The van der Waals surface area contributed by atoms with Gasteiger partial charge in [-0.05, 0) is 43.0 Å². The van der Waals surface area contributed by atoms with Crippen LogP contribution in [0.1, 0.15) is 63.3 Å². The van der Waals surface area contributed by atoms with Gasteiger partial charge in [-0.25, -0.2) is 4.98 Å². The van der Waals surface area contributed by atoms with E-state index in [0.29, 0.717) is 29.7 Å². The van der Waals surface area contributed by atoms with Gasteiger partial charge in [0.1, 0.15) is 10.9 Å². The third-order valence-corrected chi connectivity index (χ3v) is 6.57. The molecule has 0 aliphatic heterocycles. The number of aromatic nitrogens is 2. The zero-order valence-corrected chi connectivity index (χ0v) is 22.2. The third-order valence-electron chi connectivity index (χ3n) is 5.06. The maximum Gasteiger partial charge on any atom is 0.304 e. The van der Waals surface area contributed by atoms with Crippen molar-refractivity contribution < 1.29 is 14.3 Å². The first-order valence-corrected chi connectivity index (χ1v) is 12.9. The van der Waals surface area contributed by atoms with Gasteiger partial charge in [-0.3, -0.25) is 9.36 Å². The van der Waals surface area contributed by atoms with E-state index in [1.54, 1.807) is 6.07 Å². The first-order valence-electron chi connectivity index (χ1n) is 11.3. The minimum atomic E-state index is -0.505. The van der Waals surface area contributed by atoms with E-state index >= 15 is 0 Å². The third kappa shape index (κ3) is 7.51. The molecule has 34 heavy (non-hydrogen) atoms. The normalized spacial score (nSPS) is 12.2. The summed E-state index contributed by atoms with van der Waals surface area (Å²) in [5.41, 5.74) is 2.09. The predicted molar refractivity (Wildman–Crippen MR) is 138 cm³/mol. The van der Waals surface area contributed by atoms with Gasteiger partial charge in [-0.15, -0.1) is 0 Å². The maximum atomic E-state index is 11.8. The molecule has 0 aliphatic rings. The molecule has 0 saturated carbocycles. The zero-order chi connectivity index (χ0) is 24.7. The molecule has 182 valence electrons. The molecule has 0 spiro atoms. The van der Waals surface area contributed by atoms with Crippen molar-refractivity contribution in [2.75, 3.05) is 6.61 Å². The van der Waals surface area contributed by atoms with Crippen LogP contribution in [-0.4, -0.2) is 22.1 Å². The standard InChI is InChI=1S/C26H30Cl2N2O3S/c1-17(2)25-26(34-23-14-21(27)13-22(28)15-23)30(18(3)33-19(4)31)24(29-25)11-8-12-32-16-20-9-6-5-7-10-20/h5-7,9-10,13-15,17-18H,8,11-12,16H2,1-4H3. The first-order chi connectivity index (χ1) is 16.2. The van der Waals surface area contributed by atoms with Gasteiger partial charge < -0.3 is 9.47 Å². The molecule has 8 heteroatoms. The quantitative estimate of drug-likeness (QED) is 0.191. The minimum absolute atomic E-state index is 0.177. The van der Waals surface area contributed by atoms with Gasteiger partial charge in [0.25, 0.3) is 0 Å². The average molecular weight is 522 g/mol. The van der Waals surface area contributed by atoms with E-state index in [1.165, 1.54) is 18.7 Å². The Bertz CT molecular complexity index is 1080. The summed E-state index contributed by atoms with van der Waals surface area (Å²) >= 11 is 14.0. The van der Waals surface area contributed by atoms with Gasteiger partial charge in [0.05, 0.1) is 12.3 Å². The van der Waals surface area contributed by atoms with Gasteiger partial charge >= 0.3 is 5.97 Å². The van der Waals surface area contributed by atoms with Crippen LogP contribution >= 0.6 is 35.0 Å². The molecule has 1 atom stereocenters. The van der Waals surface area contributed by atoms with E-state index in [1.807, 2.05) is 54.0 Å². The number of ether oxygens (including phenoxy) is 2. The highest BCUT2D eigenvalue weighted by Gasteiger charge is 2.25. The number of carbonyl (C=O) groups excluding carboxylic acids is 1. The fraction of sp³-hybridized carbons (Fsp3) is 0.385. The van der Waals surface area contributed by atoms with Crippen molar-refractivity contribution in [1.29, 1.82) is 0 Å². The fourth-order valence-electron chi connectivity index (χ4n) is 3.60. The lowest BCUT2D eigenvalue weighted by Crippen LogP contribution is -2.16. The molecule has 0 bridgehead atoms. The van der Waals surface area contributed by atoms with E-state index in [2.05, 4.69) is 13.8 Å².